The number of nitrogens with zero attached hydrogens (tertiary/aromatic N) is 4. The number of nitro groups is 1. The molecule has 1 heterocycles. The van der Waals surface area contributed by atoms with Gasteiger partial charge in [-0.1, -0.05) is 12.1 Å². The Kier molecular flexibility index (Phi) is 4.72. The summed E-state index contributed by atoms with van der Waals surface area (Å²) in [5, 5.41) is 23.9. The summed E-state index contributed by atoms with van der Waals surface area (Å²) in [5.41, 5.74) is 2.19. The van der Waals surface area contributed by atoms with Crippen molar-refractivity contribution in [3.8, 4) is 22.9 Å². The largest absolute Gasteiger partial charge is 0.492 e. The van der Waals surface area contributed by atoms with Crippen molar-refractivity contribution in [1.29, 1.82) is 5.26 Å². The van der Waals surface area contributed by atoms with Crippen LogP contribution in [-0.4, -0.2) is 21.3 Å². The zero-order chi connectivity index (χ0) is 17.6. The smallest absolute Gasteiger partial charge is 0.270 e. The number of hydrogen-bond acceptors (Lipinski definition) is 5. The molecule has 0 amide bonds. The molecule has 0 aliphatic rings. The highest BCUT2D eigenvalue weighted by Crippen LogP contribution is 2.23. The van der Waals surface area contributed by atoms with Gasteiger partial charge in [-0.05, 0) is 29.8 Å². The SMILES string of the molecule is N#Cc1ccc(OCCn2cc(-c3cccc([N+](=O)[O-])c3)cn2)cc1. The van der Waals surface area contributed by atoms with E-state index in [4.69, 9.17) is 10.00 Å². The average molecular weight is 334 g/mol. The van der Waals surface area contributed by atoms with Gasteiger partial charge in [-0.3, -0.25) is 14.8 Å². The minimum atomic E-state index is -0.417. The van der Waals surface area contributed by atoms with E-state index in [1.807, 2.05) is 12.3 Å². The molecule has 0 saturated carbocycles. The molecule has 124 valence electrons. The summed E-state index contributed by atoms with van der Waals surface area (Å²) in [6.45, 7) is 0.955. The first-order valence-electron chi connectivity index (χ1n) is 7.56. The molecule has 0 fully saturated rings. The lowest BCUT2D eigenvalue weighted by Gasteiger charge is -2.06. The van der Waals surface area contributed by atoms with Crippen molar-refractivity contribution < 1.29 is 9.66 Å². The third-order valence-corrected chi connectivity index (χ3v) is 3.60. The molecule has 7 heteroatoms. The Balaban J connectivity index is 1.61. The van der Waals surface area contributed by atoms with Crippen LogP contribution < -0.4 is 4.74 Å². The Morgan fingerprint density at radius 1 is 1.20 bits per heavy atom. The molecular formula is C18H14N4O3. The van der Waals surface area contributed by atoms with Crippen LogP contribution in [0.25, 0.3) is 11.1 Å². The topological polar surface area (TPSA) is 94.0 Å². The number of rotatable bonds is 6. The molecule has 3 rings (SSSR count). The Bertz CT molecular complexity index is 926. The van der Waals surface area contributed by atoms with Crippen LogP contribution >= 0.6 is 0 Å². The van der Waals surface area contributed by atoms with Gasteiger partial charge in [0, 0.05) is 23.9 Å². The second-order valence-electron chi connectivity index (χ2n) is 5.28. The van der Waals surface area contributed by atoms with Gasteiger partial charge in [-0.15, -0.1) is 0 Å². The Hall–Kier alpha value is -3.66. The van der Waals surface area contributed by atoms with E-state index in [0.29, 0.717) is 24.5 Å². The molecule has 3 aromatic rings. The quantitative estimate of drug-likeness (QED) is 0.508. The van der Waals surface area contributed by atoms with Gasteiger partial charge in [-0.2, -0.15) is 10.4 Å². The molecule has 0 aliphatic carbocycles. The summed E-state index contributed by atoms with van der Waals surface area (Å²) >= 11 is 0. The summed E-state index contributed by atoms with van der Waals surface area (Å²) in [6, 6.07) is 15.4. The predicted molar refractivity (Wildman–Crippen MR) is 91.0 cm³/mol. The number of non-ortho nitro benzene ring substituents is 1. The maximum Gasteiger partial charge on any atom is 0.270 e. The minimum absolute atomic E-state index is 0.0504. The number of benzene rings is 2. The van der Waals surface area contributed by atoms with Crippen molar-refractivity contribution in [3.63, 3.8) is 0 Å². The van der Waals surface area contributed by atoms with Crippen molar-refractivity contribution in [2.24, 2.45) is 0 Å². The first kappa shape index (κ1) is 16.2. The van der Waals surface area contributed by atoms with Gasteiger partial charge in [0.1, 0.15) is 12.4 Å². The first-order chi connectivity index (χ1) is 12.2. The first-order valence-corrected chi connectivity index (χ1v) is 7.56. The van der Waals surface area contributed by atoms with Crippen LogP contribution in [0.4, 0.5) is 5.69 Å². The number of nitriles is 1. The number of hydrogen-bond donors (Lipinski definition) is 0. The van der Waals surface area contributed by atoms with E-state index in [0.717, 1.165) is 11.1 Å². The lowest BCUT2D eigenvalue weighted by Crippen LogP contribution is -2.08. The van der Waals surface area contributed by atoms with Crippen LogP contribution in [0.1, 0.15) is 5.56 Å². The molecule has 0 unspecified atom stereocenters. The lowest BCUT2D eigenvalue weighted by molar-refractivity contribution is -0.384. The van der Waals surface area contributed by atoms with Crippen LogP contribution in [0.15, 0.2) is 60.9 Å². The molecule has 0 radical (unpaired) electrons. The highest BCUT2D eigenvalue weighted by molar-refractivity contribution is 5.64. The molecular weight excluding hydrogens is 320 g/mol. The van der Waals surface area contributed by atoms with Crippen molar-refractivity contribution in [2.45, 2.75) is 6.54 Å². The fourth-order valence-electron chi connectivity index (χ4n) is 2.32. The molecule has 0 bridgehead atoms. The molecule has 1 aromatic heterocycles. The maximum atomic E-state index is 10.9. The molecule has 0 N–H and O–H groups in total. The van der Waals surface area contributed by atoms with Crippen LogP contribution in [-0.2, 0) is 6.54 Å². The Labute approximate surface area is 143 Å². The van der Waals surface area contributed by atoms with Crippen molar-refractivity contribution in [1.82, 2.24) is 9.78 Å². The second-order valence-corrected chi connectivity index (χ2v) is 5.28. The molecule has 0 spiro atoms. The van der Waals surface area contributed by atoms with Gasteiger partial charge in [-0.25, -0.2) is 0 Å². The van der Waals surface area contributed by atoms with E-state index in [9.17, 15) is 10.1 Å². The van der Waals surface area contributed by atoms with Gasteiger partial charge in [0.15, 0.2) is 0 Å². The summed E-state index contributed by atoms with van der Waals surface area (Å²) in [7, 11) is 0. The van der Waals surface area contributed by atoms with Gasteiger partial charge in [0.25, 0.3) is 5.69 Å². The highest BCUT2D eigenvalue weighted by Gasteiger charge is 2.08. The number of aromatic nitrogens is 2. The van der Waals surface area contributed by atoms with Crippen LogP contribution in [0.5, 0.6) is 5.75 Å². The Morgan fingerprint density at radius 2 is 2.00 bits per heavy atom. The molecule has 2 aromatic carbocycles. The predicted octanol–water partition coefficient (Wildman–Crippen LogP) is 3.41. The van der Waals surface area contributed by atoms with Crippen molar-refractivity contribution in [2.75, 3.05) is 6.61 Å². The van der Waals surface area contributed by atoms with E-state index < -0.39 is 4.92 Å². The van der Waals surface area contributed by atoms with E-state index in [2.05, 4.69) is 11.2 Å². The average Bonchev–Trinajstić information content (AvgIpc) is 3.11. The van der Waals surface area contributed by atoms with Gasteiger partial charge < -0.3 is 4.74 Å². The van der Waals surface area contributed by atoms with Crippen LogP contribution in [0, 0.1) is 21.4 Å². The van der Waals surface area contributed by atoms with Crippen molar-refractivity contribution >= 4 is 5.69 Å². The summed E-state index contributed by atoms with van der Waals surface area (Å²) in [4.78, 5) is 10.4. The zero-order valence-electron chi connectivity index (χ0n) is 13.2. The minimum Gasteiger partial charge on any atom is -0.492 e. The normalized spacial score (nSPS) is 10.2. The third kappa shape index (κ3) is 4.00. The number of nitro benzene ring substituents is 1. The van der Waals surface area contributed by atoms with Gasteiger partial charge in [0.05, 0.1) is 29.3 Å². The molecule has 7 nitrogen and oxygen atoms in total. The van der Waals surface area contributed by atoms with E-state index in [1.165, 1.54) is 12.1 Å². The highest BCUT2D eigenvalue weighted by atomic mass is 16.6. The standard InChI is InChI=1S/C18H14N4O3/c19-11-14-4-6-18(7-5-14)25-9-8-21-13-16(12-20-21)15-2-1-3-17(10-15)22(23)24/h1-7,10,12-13H,8-9H2. The number of ether oxygens (including phenoxy) is 1. The van der Waals surface area contributed by atoms with Gasteiger partial charge in [0.2, 0.25) is 0 Å². The fraction of sp³-hybridized carbons (Fsp3) is 0.111. The molecule has 0 aliphatic heterocycles. The third-order valence-electron chi connectivity index (χ3n) is 3.60. The zero-order valence-corrected chi connectivity index (χ0v) is 13.2. The van der Waals surface area contributed by atoms with E-state index >= 15 is 0 Å². The molecule has 0 saturated heterocycles. The summed E-state index contributed by atoms with van der Waals surface area (Å²) < 4.78 is 7.34. The monoisotopic (exact) mass is 334 g/mol. The lowest BCUT2D eigenvalue weighted by atomic mass is 10.1. The molecule has 25 heavy (non-hydrogen) atoms. The molecule has 0 atom stereocenters. The summed E-state index contributed by atoms with van der Waals surface area (Å²) in [5.74, 6) is 0.685. The summed E-state index contributed by atoms with van der Waals surface area (Å²) in [6.07, 6.45) is 3.49. The van der Waals surface area contributed by atoms with Crippen molar-refractivity contribution in [3.05, 3.63) is 76.6 Å². The van der Waals surface area contributed by atoms with E-state index in [-0.39, 0.29) is 5.69 Å². The maximum absolute atomic E-state index is 10.9. The Morgan fingerprint density at radius 3 is 2.72 bits per heavy atom. The van der Waals surface area contributed by atoms with Crippen LogP contribution in [0.3, 0.4) is 0 Å². The van der Waals surface area contributed by atoms with Crippen LogP contribution in [0.2, 0.25) is 0 Å². The fourth-order valence-corrected chi connectivity index (χ4v) is 2.32. The van der Waals surface area contributed by atoms with E-state index in [1.54, 1.807) is 41.2 Å². The second kappa shape index (κ2) is 7.27. The van der Waals surface area contributed by atoms with Gasteiger partial charge >= 0.3 is 0 Å².